The summed E-state index contributed by atoms with van der Waals surface area (Å²) in [4.78, 5) is 0. The molecule has 18 heavy (non-hydrogen) atoms. The normalized spacial score (nSPS) is 25.1. The highest BCUT2D eigenvalue weighted by Gasteiger charge is 2.21. The summed E-state index contributed by atoms with van der Waals surface area (Å²) in [5, 5.41) is 13.6. The lowest BCUT2D eigenvalue weighted by molar-refractivity contribution is 0.119. The fourth-order valence-electron chi connectivity index (χ4n) is 2.88. The highest BCUT2D eigenvalue weighted by atomic mass is 16.3. The van der Waals surface area contributed by atoms with Gasteiger partial charge in [0.05, 0.1) is 6.10 Å². The van der Waals surface area contributed by atoms with Crippen LogP contribution in [0.5, 0.6) is 0 Å². The molecule has 1 fully saturated rings. The molecule has 2 unspecified atom stereocenters. The summed E-state index contributed by atoms with van der Waals surface area (Å²) < 4.78 is 2.22. The Bertz CT molecular complexity index is 397. The molecule has 0 radical (unpaired) electrons. The summed E-state index contributed by atoms with van der Waals surface area (Å²) >= 11 is 0. The zero-order valence-electron chi connectivity index (χ0n) is 11.9. The van der Waals surface area contributed by atoms with Gasteiger partial charge in [-0.15, -0.1) is 0 Å². The minimum atomic E-state index is -0.169. The van der Waals surface area contributed by atoms with E-state index in [1.54, 1.807) is 0 Å². The first kappa shape index (κ1) is 13.6. The Morgan fingerprint density at radius 2 is 2.00 bits per heavy atom. The number of rotatable bonds is 3. The van der Waals surface area contributed by atoms with Crippen LogP contribution in [0, 0.1) is 13.8 Å². The Balaban J connectivity index is 1.95. The van der Waals surface area contributed by atoms with Crippen molar-refractivity contribution in [3.8, 4) is 0 Å². The second kappa shape index (κ2) is 5.89. The highest BCUT2D eigenvalue weighted by Crippen LogP contribution is 2.19. The number of aliphatic hydroxyl groups is 1. The second-order valence-corrected chi connectivity index (χ2v) is 5.65. The summed E-state index contributed by atoms with van der Waals surface area (Å²) in [6.07, 6.45) is 5.55. The van der Waals surface area contributed by atoms with Gasteiger partial charge in [-0.1, -0.05) is 19.3 Å². The Morgan fingerprint density at radius 3 is 2.67 bits per heavy atom. The van der Waals surface area contributed by atoms with E-state index in [1.165, 1.54) is 36.2 Å². The molecular formula is C15H26N2O. The third-order valence-corrected chi connectivity index (χ3v) is 4.41. The van der Waals surface area contributed by atoms with Crippen molar-refractivity contribution >= 4 is 0 Å². The first-order chi connectivity index (χ1) is 8.59. The van der Waals surface area contributed by atoms with Crippen LogP contribution in [0.25, 0.3) is 0 Å². The molecule has 1 saturated carbocycles. The van der Waals surface area contributed by atoms with E-state index in [2.05, 4.69) is 36.8 Å². The van der Waals surface area contributed by atoms with E-state index in [0.717, 1.165) is 19.4 Å². The van der Waals surface area contributed by atoms with Crippen molar-refractivity contribution in [2.75, 3.05) is 0 Å². The van der Waals surface area contributed by atoms with E-state index in [1.807, 2.05) is 0 Å². The van der Waals surface area contributed by atoms with Gasteiger partial charge >= 0.3 is 0 Å². The monoisotopic (exact) mass is 250 g/mol. The van der Waals surface area contributed by atoms with Crippen LogP contribution in [0.1, 0.15) is 49.1 Å². The first-order valence-corrected chi connectivity index (χ1v) is 7.13. The van der Waals surface area contributed by atoms with E-state index >= 15 is 0 Å². The number of aromatic nitrogens is 1. The molecule has 2 N–H and O–H groups in total. The molecule has 1 aliphatic carbocycles. The van der Waals surface area contributed by atoms with Gasteiger partial charge in [-0.3, -0.25) is 0 Å². The zero-order valence-corrected chi connectivity index (χ0v) is 11.9. The number of hydrogen-bond donors (Lipinski definition) is 2. The molecule has 102 valence electrons. The maximum absolute atomic E-state index is 10.1. The van der Waals surface area contributed by atoms with Crippen molar-refractivity contribution in [2.45, 2.75) is 64.6 Å². The zero-order chi connectivity index (χ0) is 13.1. The standard InChI is InChI=1S/C15H26N2O/c1-11-9-13(12(2)17(11)3)10-16-14-7-5-4-6-8-15(14)18/h9,14-16,18H,4-8,10H2,1-3H3. The molecule has 2 atom stereocenters. The number of aryl methyl sites for hydroxylation is 1. The van der Waals surface area contributed by atoms with Crippen LogP contribution < -0.4 is 5.32 Å². The molecule has 3 heteroatoms. The molecule has 0 bridgehead atoms. The summed E-state index contributed by atoms with van der Waals surface area (Å²) in [7, 11) is 2.11. The lowest BCUT2D eigenvalue weighted by atomic mass is 10.1. The van der Waals surface area contributed by atoms with Gasteiger partial charge in [0.25, 0.3) is 0 Å². The summed E-state index contributed by atoms with van der Waals surface area (Å²) in [5.41, 5.74) is 3.97. The minimum absolute atomic E-state index is 0.169. The smallest absolute Gasteiger partial charge is 0.0693 e. The van der Waals surface area contributed by atoms with E-state index in [4.69, 9.17) is 0 Å². The molecule has 0 spiro atoms. The Hall–Kier alpha value is -0.800. The minimum Gasteiger partial charge on any atom is -0.392 e. The topological polar surface area (TPSA) is 37.2 Å². The van der Waals surface area contributed by atoms with E-state index in [-0.39, 0.29) is 12.1 Å². The molecule has 1 aliphatic rings. The number of nitrogens with zero attached hydrogens (tertiary/aromatic N) is 1. The molecule has 0 amide bonds. The van der Waals surface area contributed by atoms with Crippen LogP contribution in [0.3, 0.4) is 0 Å². The van der Waals surface area contributed by atoms with Gasteiger partial charge in [0.15, 0.2) is 0 Å². The Kier molecular flexibility index (Phi) is 4.46. The number of hydrogen-bond acceptors (Lipinski definition) is 2. The lowest BCUT2D eigenvalue weighted by Gasteiger charge is -2.21. The number of aliphatic hydroxyl groups excluding tert-OH is 1. The van der Waals surface area contributed by atoms with E-state index in [9.17, 15) is 5.11 Å². The number of nitrogens with one attached hydrogen (secondary N) is 1. The van der Waals surface area contributed by atoms with Crippen molar-refractivity contribution in [2.24, 2.45) is 7.05 Å². The van der Waals surface area contributed by atoms with Gasteiger partial charge < -0.3 is 15.0 Å². The fourth-order valence-corrected chi connectivity index (χ4v) is 2.88. The fraction of sp³-hybridized carbons (Fsp3) is 0.733. The summed E-state index contributed by atoms with van der Waals surface area (Å²) in [6, 6.07) is 2.51. The van der Waals surface area contributed by atoms with Crippen LogP contribution in [0.4, 0.5) is 0 Å². The van der Waals surface area contributed by atoms with E-state index < -0.39 is 0 Å². The van der Waals surface area contributed by atoms with Gasteiger partial charge in [0, 0.05) is 31.0 Å². The average Bonchev–Trinajstić information content (AvgIpc) is 2.54. The first-order valence-electron chi connectivity index (χ1n) is 7.13. The van der Waals surface area contributed by atoms with Gasteiger partial charge in [0.1, 0.15) is 0 Å². The van der Waals surface area contributed by atoms with Crippen LogP contribution in [0.15, 0.2) is 6.07 Å². The molecule has 0 aromatic carbocycles. The SMILES string of the molecule is Cc1cc(CNC2CCCCCC2O)c(C)n1C. The molecule has 1 aromatic rings. The predicted octanol–water partition coefficient (Wildman–Crippen LogP) is 2.43. The van der Waals surface area contributed by atoms with Crippen molar-refractivity contribution < 1.29 is 5.11 Å². The molecule has 1 heterocycles. The van der Waals surface area contributed by atoms with E-state index in [0.29, 0.717) is 0 Å². The third-order valence-electron chi connectivity index (χ3n) is 4.41. The molecular weight excluding hydrogens is 224 g/mol. The van der Waals surface area contributed by atoms with Crippen LogP contribution in [0.2, 0.25) is 0 Å². The van der Waals surface area contributed by atoms with Crippen LogP contribution in [-0.2, 0) is 13.6 Å². The van der Waals surface area contributed by atoms with Crippen molar-refractivity contribution in [1.82, 2.24) is 9.88 Å². The maximum atomic E-state index is 10.1. The van der Waals surface area contributed by atoms with Crippen LogP contribution in [-0.4, -0.2) is 21.8 Å². The largest absolute Gasteiger partial charge is 0.392 e. The lowest BCUT2D eigenvalue weighted by Crippen LogP contribution is -2.38. The molecule has 1 aromatic heterocycles. The van der Waals surface area contributed by atoms with Crippen molar-refractivity contribution in [1.29, 1.82) is 0 Å². The predicted molar refractivity (Wildman–Crippen MR) is 74.6 cm³/mol. The van der Waals surface area contributed by atoms with Gasteiger partial charge in [-0.2, -0.15) is 0 Å². The third kappa shape index (κ3) is 2.96. The van der Waals surface area contributed by atoms with Gasteiger partial charge in [-0.25, -0.2) is 0 Å². The summed E-state index contributed by atoms with van der Waals surface area (Å²) in [6.45, 7) is 5.17. The Morgan fingerprint density at radius 1 is 1.28 bits per heavy atom. The van der Waals surface area contributed by atoms with Crippen LogP contribution >= 0.6 is 0 Å². The quantitative estimate of drug-likeness (QED) is 0.808. The van der Waals surface area contributed by atoms with Gasteiger partial charge in [-0.05, 0) is 38.3 Å². The van der Waals surface area contributed by atoms with Crippen molar-refractivity contribution in [3.63, 3.8) is 0 Å². The Labute approximate surface area is 110 Å². The highest BCUT2D eigenvalue weighted by molar-refractivity contribution is 5.26. The molecule has 0 saturated heterocycles. The van der Waals surface area contributed by atoms with Crippen molar-refractivity contribution in [3.05, 3.63) is 23.0 Å². The summed E-state index contributed by atoms with van der Waals surface area (Å²) in [5.74, 6) is 0. The maximum Gasteiger partial charge on any atom is 0.0693 e. The second-order valence-electron chi connectivity index (χ2n) is 5.65. The molecule has 3 nitrogen and oxygen atoms in total. The van der Waals surface area contributed by atoms with Gasteiger partial charge in [0.2, 0.25) is 0 Å². The average molecular weight is 250 g/mol. The molecule has 2 rings (SSSR count). The molecule has 0 aliphatic heterocycles.